The lowest BCUT2D eigenvalue weighted by Gasteiger charge is -2.16. The molecule has 0 heterocycles. The van der Waals surface area contributed by atoms with E-state index in [1.807, 2.05) is 49.4 Å². The molecule has 3 nitrogen and oxygen atoms in total. The molecule has 110 valence electrons. The fourth-order valence-corrected chi connectivity index (χ4v) is 2.30. The highest BCUT2D eigenvalue weighted by atomic mass is 32.1. The number of nitrogens with one attached hydrogen (secondary N) is 2. The van der Waals surface area contributed by atoms with E-state index in [2.05, 4.69) is 23.6 Å². The van der Waals surface area contributed by atoms with Gasteiger partial charge in [0.15, 0.2) is 5.11 Å². The standard InChI is InChI=1S/C17H20N2OS/c1-12-8-9-15(13(2)10-12)19-17(21)18-11-16(20)14-6-4-3-5-7-14/h3-10,16,20H,11H2,1-2H3,(H2,18,19,21)/t16-/m0/s1. The van der Waals surface area contributed by atoms with Crippen LogP contribution >= 0.6 is 12.2 Å². The Morgan fingerprint density at radius 3 is 2.52 bits per heavy atom. The lowest BCUT2D eigenvalue weighted by Crippen LogP contribution is -2.32. The topological polar surface area (TPSA) is 44.3 Å². The molecule has 2 aromatic rings. The van der Waals surface area contributed by atoms with E-state index in [4.69, 9.17) is 12.2 Å². The summed E-state index contributed by atoms with van der Waals surface area (Å²) >= 11 is 5.26. The molecule has 3 N–H and O–H groups in total. The number of hydrogen-bond donors (Lipinski definition) is 3. The molecule has 2 aromatic carbocycles. The van der Waals surface area contributed by atoms with Crippen LogP contribution in [-0.4, -0.2) is 16.8 Å². The van der Waals surface area contributed by atoms with E-state index >= 15 is 0 Å². The number of aryl methyl sites for hydroxylation is 2. The molecule has 0 aliphatic rings. The Hall–Kier alpha value is -1.91. The maximum atomic E-state index is 10.1. The highest BCUT2D eigenvalue weighted by Gasteiger charge is 2.08. The molecule has 1 atom stereocenters. The van der Waals surface area contributed by atoms with Gasteiger partial charge >= 0.3 is 0 Å². The van der Waals surface area contributed by atoms with Crippen molar-refractivity contribution in [3.05, 3.63) is 65.2 Å². The predicted molar refractivity (Wildman–Crippen MR) is 91.5 cm³/mol. The van der Waals surface area contributed by atoms with Crippen LogP contribution in [0, 0.1) is 13.8 Å². The van der Waals surface area contributed by atoms with Gasteiger partial charge in [0, 0.05) is 12.2 Å². The van der Waals surface area contributed by atoms with Crippen molar-refractivity contribution in [3.63, 3.8) is 0 Å². The Labute approximate surface area is 131 Å². The highest BCUT2D eigenvalue weighted by molar-refractivity contribution is 7.80. The number of rotatable bonds is 4. The minimum atomic E-state index is -0.579. The molecular formula is C17H20N2OS. The summed E-state index contributed by atoms with van der Waals surface area (Å²) in [5.41, 5.74) is 4.21. The molecule has 0 fully saturated rings. The third-order valence-electron chi connectivity index (χ3n) is 3.27. The van der Waals surface area contributed by atoms with Gasteiger partial charge in [-0.3, -0.25) is 0 Å². The Kier molecular flexibility index (Phi) is 5.31. The molecule has 0 spiro atoms. The minimum absolute atomic E-state index is 0.376. The van der Waals surface area contributed by atoms with Crippen molar-refractivity contribution in [2.45, 2.75) is 20.0 Å². The molecule has 4 heteroatoms. The van der Waals surface area contributed by atoms with Crippen molar-refractivity contribution in [1.82, 2.24) is 5.32 Å². The van der Waals surface area contributed by atoms with E-state index in [0.717, 1.165) is 16.8 Å². The van der Waals surface area contributed by atoms with E-state index in [9.17, 15) is 5.11 Å². The van der Waals surface area contributed by atoms with Crippen molar-refractivity contribution in [2.75, 3.05) is 11.9 Å². The largest absolute Gasteiger partial charge is 0.387 e. The molecule has 0 unspecified atom stereocenters. The molecule has 0 bridgehead atoms. The number of aliphatic hydroxyl groups is 1. The summed E-state index contributed by atoms with van der Waals surface area (Å²) in [6.45, 7) is 4.47. The first-order chi connectivity index (χ1) is 10.1. The summed E-state index contributed by atoms with van der Waals surface area (Å²) in [6.07, 6.45) is -0.579. The molecule has 0 radical (unpaired) electrons. The van der Waals surface area contributed by atoms with Gasteiger partial charge in [-0.05, 0) is 43.3 Å². The number of aliphatic hydroxyl groups excluding tert-OH is 1. The molecule has 0 saturated carbocycles. The Bertz CT molecular complexity index is 613. The first kappa shape index (κ1) is 15.5. The number of hydrogen-bond acceptors (Lipinski definition) is 2. The van der Waals surface area contributed by atoms with Gasteiger partial charge in [0.05, 0.1) is 6.10 Å². The van der Waals surface area contributed by atoms with E-state index < -0.39 is 6.10 Å². The third kappa shape index (κ3) is 4.55. The third-order valence-corrected chi connectivity index (χ3v) is 3.52. The van der Waals surface area contributed by atoms with Crippen LogP contribution in [0.25, 0.3) is 0 Å². The van der Waals surface area contributed by atoms with Gasteiger partial charge in [0.2, 0.25) is 0 Å². The molecular weight excluding hydrogens is 280 g/mol. The maximum absolute atomic E-state index is 10.1. The van der Waals surface area contributed by atoms with Crippen molar-refractivity contribution >= 4 is 23.0 Å². The monoisotopic (exact) mass is 300 g/mol. The van der Waals surface area contributed by atoms with E-state index in [-0.39, 0.29) is 0 Å². The molecule has 0 amide bonds. The molecule has 0 aliphatic heterocycles. The van der Waals surface area contributed by atoms with Crippen LogP contribution in [0.2, 0.25) is 0 Å². The number of thiocarbonyl (C=S) groups is 1. The van der Waals surface area contributed by atoms with Crippen LogP contribution < -0.4 is 10.6 Å². The molecule has 2 rings (SSSR count). The van der Waals surface area contributed by atoms with Crippen molar-refractivity contribution in [2.24, 2.45) is 0 Å². The van der Waals surface area contributed by atoms with Crippen LogP contribution in [0.4, 0.5) is 5.69 Å². The van der Waals surface area contributed by atoms with Crippen molar-refractivity contribution in [1.29, 1.82) is 0 Å². The Balaban J connectivity index is 1.87. The van der Waals surface area contributed by atoms with Crippen LogP contribution in [-0.2, 0) is 0 Å². The summed E-state index contributed by atoms with van der Waals surface area (Å²) in [5, 5.41) is 16.8. The fourth-order valence-electron chi connectivity index (χ4n) is 2.10. The van der Waals surface area contributed by atoms with Crippen LogP contribution in [0.15, 0.2) is 48.5 Å². The average molecular weight is 300 g/mol. The van der Waals surface area contributed by atoms with Crippen LogP contribution in [0.3, 0.4) is 0 Å². The van der Waals surface area contributed by atoms with Crippen molar-refractivity contribution < 1.29 is 5.11 Å². The lowest BCUT2D eigenvalue weighted by atomic mass is 10.1. The van der Waals surface area contributed by atoms with Gasteiger partial charge in [0.1, 0.15) is 0 Å². The Morgan fingerprint density at radius 2 is 1.86 bits per heavy atom. The second kappa shape index (κ2) is 7.20. The van der Waals surface area contributed by atoms with Gasteiger partial charge in [-0.15, -0.1) is 0 Å². The van der Waals surface area contributed by atoms with E-state index in [1.165, 1.54) is 5.56 Å². The van der Waals surface area contributed by atoms with Gasteiger partial charge in [0.25, 0.3) is 0 Å². The summed E-state index contributed by atoms with van der Waals surface area (Å²) < 4.78 is 0. The predicted octanol–water partition coefficient (Wildman–Crippen LogP) is 3.32. The second-order valence-corrected chi connectivity index (χ2v) is 5.49. The first-order valence-corrected chi connectivity index (χ1v) is 7.32. The molecule has 0 aliphatic carbocycles. The Morgan fingerprint density at radius 1 is 1.14 bits per heavy atom. The van der Waals surface area contributed by atoms with Crippen LogP contribution in [0.1, 0.15) is 22.8 Å². The second-order valence-electron chi connectivity index (χ2n) is 5.08. The molecule has 0 aromatic heterocycles. The zero-order chi connectivity index (χ0) is 15.2. The number of benzene rings is 2. The number of anilines is 1. The summed E-state index contributed by atoms with van der Waals surface area (Å²) in [6, 6.07) is 15.7. The van der Waals surface area contributed by atoms with Gasteiger partial charge < -0.3 is 15.7 Å². The summed E-state index contributed by atoms with van der Waals surface area (Å²) in [4.78, 5) is 0. The van der Waals surface area contributed by atoms with Crippen LogP contribution in [0.5, 0.6) is 0 Å². The van der Waals surface area contributed by atoms with Gasteiger partial charge in [-0.25, -0.2) is 0 Å². The van der Waals surface area contributed by atoms with Gasteiger partial charge in [-0.1, -0.05) is 48.0 Å². The summed E-state index contributed by atoms with van der Waals surface area (Å²) in [5.74, 6) is 0. The smallest absolute Gasteiger partial charge is 0.170 e. The zero-order valence-corrected chi connectivity index (χ0v) is 13.1. The quantitative estimate of drug-likeness (QED) is 0.758. The summed E-state index contributed by atoms with van der Waals surface area (Å²) in [7, 11) is 0. The maximum Gasteiger partial charge on any atom is 0.170 e. The zero-order valence-electron chi connectivity index (χ0n) is 12.3. The van der Waals surface area contributed by atoms with Crippen molar-refractivity contribution in [3.8, 4) is 0 Å². The first-order valence-electron chi connectivity index (χ1n) is 6.91. The van der Waals surface area contributed by atoms with E-state index in [0.29, 0.717) is 11.7 Å². The SMILES string of the molecule is Cc1ccc(NC(=S)NC[C@H](O)c2ccccc2)c(C)c1. The highest BCUT2D eigenvalue weighted by Crippen LogP contribution is 2.16. The minimum Gasteiger partial charge on any atom is -0.387 e. The average Bonchev–Trinajstić information content (AvgIpc) is 2.48. The molecule has 0 saturated heterocycles. The lowest BCUT2D eigenvalue weighted by molar-refractivity contribution is 0.181. The molecule has 21 heavy (non-hydrogen) atoms. The van der Waals surface area contributed by atoms with Gasteiger partial charge in [-0.2, -0.15) is 0 Å². The normalized spacial score (nSPS) is 11.8. The fraction of sp³-hybridized carbons (Fsp3) is 0.235. The van der Waals surface area contributed by atoms with E-state index in [1.54, 1.807) is 0 Å².